The fourth-order valence-corrected chi connectivity index (χ4v) is 3.78. The molecule has 0 aliphatic rings. The van der Waals surface area contributed by atoms with Gasteiger partial charge < -0.3 is 9.26 Å². The Labute approximate surface area is 138 Å². The largest absolute Gasteiger partial charge is 0.497 e. The molecule has 0 bridgehead atoms. The summed E-state index contributed by atoms with van der Waals surface area (Å²) >= 11 is 0. The van der Waals surface area contributed by atoms with E-state index in [1.807, 2.05) is 0 Å². The van der Waals surface area contributed by atoms with E-state index in [1.165, 1.54) is 6.20 Å². The first-order chi connectivity index (χ1) is 11.4. The number of hydrogen-bond acceptors (Lipinski definition) is 6. The number of hydrogen-bond donors (Lipinski definition) is 2. The number of sulfonamides is 1. The molecule has 0 aliphatic carbocycles. The second-order valence-corrected chi connectivity index (χ2v) is 6.78. The van der Waals surface area contributed by atoms with E-state index >= 15 is 0 Å². The molecule has 0 saturated heterocycles. The summed E-state index contributed by atoms with van der Waals surface area (Å²) in [5.74, 6) is 0.738. The zero-order valence-corrected chi connectivity index (χ0v) is 14.1. The third-order valence-electron chi connectivity index (χ3n) is 3.53. The predicted octanol–water partition coefficient (Wildman–Crippen LogP) is 2.49. The molecule has 3 rings (SSSR count). The van der Waals surface area contributed by atoms with Crippen LogP contribution < -0.4 is 9.46 Å². The van der Waals surface area contributed by atoms with Gasteiger partial charge in [0.05, 0.1) is 30.3 Å². The van der Waals surface area contributed by atoms with Gasteiger partial charge in [0.15, 0.2) is 0 Å². The standard InChI is InChI=1S/C15H16N4O4S/c1-9-14(10(2)18-17-9)24(20,21)19-15-13(8-16-23-15)11-4-6-12(22-3)7-5-11/h4-8,19H,1-3H3,(H,17,18). The summed E-state index contributed by atoms with van der Waals surface area (Å²) in [5, 5.41) is 10.3. The highest BCUT2D eigenvalue weighted by molar-refractivity contribution is 7.92. The van der Waals surface area contributed by atoms with Crippen molar-refractivity contribution in [2.75, 3.05) is 11.8 Å². The minimum atomic E-state index is -3.85. The third kappa shape index (κ3) is 2.85. The lowest BCUT2D eigenvalue weighted by Gasteiger charge is -2.07. The summed E-state index contributed by atoms with van der Waals surface area (Å²) < 4.78 is 37.8. The van der Waals surface area contributed by atoms with E-state index < -0.39 is 10.0 Å². The Morgan fingerprint density at radius 2 is 1.92 bits per heavy atom. The third-order valence-corrected chi connectivity index (χ3v) is 5.12. The number of nitrogens with zero attached hydrogens (tertiary/aromatic N) is 2. The lowest BCUT2D eigenvalue weighted by Crippen LogP contribution is -2.14. The molecule has 2 heterocycles. The molecule has 2 aromatic heterocycles. The van der Waals surface area contributed by atoms with Gasteiger partial charge in [0.25, 0.3) is 10.0 Å². The number of methoxy groups -OCH3 is 1. The van der Waals surface area contributed by atoms with Gasteiger partial charge in [-0.25, -0.2) is 13.1 Å². The molecule has 24 heavy (non-hydrogen) atoms. The first-order valence-corrected chi connectivity index (χ1v) is 8.54. The van der Waals surface area contributed by atoms with Crippen LogP contribution in [0.15, 0.2) is 39.9 Å². The molecule has 1 aromatic carbocycles. The van der Waals surface area contributed by atoms with Gasteiger partial charge in [0.1, 0.15) is 10.6 Å². The number of ether oxygens (including phenoxy) is 1. The molecule has 0 aliphatic heterocycles. The second-order valence-electron chi connectivity index (χ2n) is 5.17. The topological polar surface area (TPSA) is 110 Å². The van der Waals surface area contributed by atoms with Gasteiger partial charge in [0, 0.05) is 0 Å². The smallest absolute Gasteiger partial charge is 0.267 e. The Hall–Kier alpha value is -2.81. The fraction of sp³-hybridized carbons (Fsp3) is 0.200. The van der Waals surface area contributed by atoms with Crippen LogP contribution in [-0.4, -0.2) is 30.9 Å². The number of anilines is 1. The van der Waals surface area contributed by atoms with E-state index in [2.05, 4.69) is 20.1 Å². The van der Waals surface area contributed by atoms with E-state index in [9.17, 15) is 8.42 Å². The van der Waals surface area contributed by atoms with Crippen LogP contribution in [0.4, 0.5) is 5.88 Å². The average molecular weight is 348 g/mol. The Morgan fingerprint density at radius 1 is 1.21 bits per heavy atom. The number of H-pyrrole nitrogens is 1. The molecular weight excluding hydrogens is 332 g/mol. The number of aryl methyl sites for hydroxylation is 2. The zero-order valence-electron chi connectivity index (χ0n) is 13.3. The molecule has 0 atom stereocenters. The molecule has 0 amide bonds. The first-order valence-electron chi connectivity index (χ1n) is 7.06. The highest BCUT2D eigenvalue weighted by atomic mass is 32.2. The number of aromatic nitrogens is 3. The van der Waals surface area contributed by atoms with Crippen molar-refractivity contribution in [1.82, 2.24) is 15.4 Å². The van der Waals surface area contributed by atoms with Crippen molar-refractivity contribution in [3.63, 3.8) is 0 Å². The molecule has 2 N–H and O–H groups in total. The van der Waals surface area contributed by atoms with Crippen molar-refractivity contribution < 1.29 is 17.7 Å². The highest BCUT2D eigenvalue weighted by Crippen LogP contribution is 2.31. The van der Waals surface area contributed by atoms with Crippen LogP contribution in [0.3, 0.4) is 0 Å². The van der Waals surface area contributed by atoms with E-state index in [0.29, 0.717) is 22.7 Å². The van der Waals surface area contributed by atoms with Crippen molar-refractivity contribution in [1.29, 1.82) is 0 Å². The molecule has 0 saturated carbocycles. The van der Waals surface area contributed by atoms with Crippen LogP contribution in [0, 0.1) is 13.8 Å². The Bertz CT molecular complexity index is 938. The molecule has 0 radical (unpaired) electrons. The van der Waals surface area contributed by atoms with Crippen molar-refractivity contribution in [3.05, 3.63) is 41.9 Å². The Kier molecular flexibility index (Phi) is 4.02. The van der Waals surface area contributed by atoms with Crippen molar-refractivity contribution in [2.24, 2.45) is 0 Å². The Morgan fingerprint density at radius 3 is 2.50 bits per heavy atom. The number of rotatable bonds is 5. The van der Waals surface area contributed by atoms with Crippen LogP contribution in [0.2, 0.25) is 0 Å². The summed E-state index contributed by atoms with van der Waals surface area (Å²) in [5.41, 5.74) is 2.10. The van der Waals surface area contributed by atoms with Crippen molar-refractivity contribution in [3.8, 4) is 16.9 Å². The van der Waals surface area contributed by atoms with Gasteiger partial charge in [-0.05, 0) is 31.5 Å². The maximum absolute atomic E-state index is 12.6. The van der Waals surface area contributed by atoms with Gasteiger partial charge in [-0.2, -0.15) is 5.10 Å². The lowest BCUT2D eigenvalue weighted by molar-refractivity contribution is 0.415. The maximum Gasteiger partial charge on any atom is 0.267 e. The van der Waals surface area contributed by atoms with Crippen LogP contribution in [0.5, 0.6) is 5.75 Å². The first kappa shape index (κ1) is 16.1. The molecule has 0 spiro atoms. The Balaban J connectivity index is 1.96. The molecule has 3 aromatic rings. The van der Waals surface area contributed by atoms with E-state index in [4.69, 9.17) is 9.26 Å². The fourth-order valence-electron chi connectivity index (χ4n) is 2.40. The molecule has 0 fully saturated rings. The second kappa shape index (κ2) is 6.00. The average Bonchev–Trinajstić information content (AvgIpc) is 3.13. The van der Waals surface area contributed by atoms with Crippen molar-refractivity contribution in [2.45, 2.75) is 18.7 Å². The predicted molar refractivity (Wildman–Crippen MR) is 87.4 cm³/mol. The molecule has 8 nitrogen and oxygen atoms in total. The molecule has 9 heteroatoms. The SMILES string of the molecule is COc1ccc(-c2cnoc2NS(=O)(=O)c2c(C)n[nH]c2C)cc1. The maximum atomic E-state index is 12.6. The summed E-state index contributed by atoms with van der Waals surface area (Å²) in [6, 6.07) is 7.12. The lowest BCUT2D eigenvalue weighted by atomic mass is 10.1. The normalized spacial score (nSPS) is 11.5. The number of nitrogens with one attached hydrogen (secondary N) is 2. The van der Waals surface area contributed by atoms with Gasteiger partial charge in [-0.1, -0.05) is 17.3 Å². The van der Waals surface area contributed by atoms with E-state index in [-0.39, 0.29) is 10.8 Å². The van der Waals surface area contributed by atoms with Crippen molar-refractivity contribution >= 4 is 15.9 Å². The minimum Gasteiger partial charge on any atom is -0.497 e. The van der Waals surface area contributed by atoms with Crippen LogP contribution in [-0.2, 0) is 10.0 Å². The monoisotopic (exact) mass is 348 g/mol. The van der Waals surface area contributed by atoms with Crippen LogP contribution >= 0.6 is 0 Å². The summed E-state index contributed by atoms with van der Waals surface area (Å²) in [7, 11) is -2.27. The van der Waals surface area contributed by atoms with Gasteiger partial charge in [-0.15, -0.1) is 0 Å². The quantitative estimate of drug-likeness (QED) is 0.733. The molecule has 126 valence electrons. The van der Waals surface area contributed by atoms with E-state index in [1.54, 1.807) is 45.2 Å². The molecular formula is C15H16N4O4S. The van der Waals surface area contributed by atoms with Crippen LogP contribution in [0.25, 0.3) is 11.1 Å². The van der Waals surface area contributed by atoms with E-state index in [0.717, 1.165) is 5.56 Å². The van der Waals surface area contributed by atoms with Crippen LogP contribution in [0.1, 0.15) is 11.4 Å². The van der Waals surface area contributed by atoms with Gasteiger partial charge in [-0.3, -0.25) is 5.10 Å². The zero-order chi connectivity index (χ0) is 17.3. The highest BCUT2D eigenvalue weighted by Gasteiger charge is 2.25. The minimum absolute atomic E-state index is 0.0418. The van der Waals surface area contributed by atoms with Gasteiger partial charge >= 0.3 is 0 Å². The van der Waals surface area contributed by atoms with Gasteiger partial charge in [0.2, 0.25) is 5.88 Å². The number of aromatic amines is 1. The summed E-state index contributed by atoms with van der Waals surface area (Å²) in [4.78, 5) is 0.0968. The summed E-state index contributed by atoms with van der Waals surface area (Å²) in [6.45, 7) is 3.25. The summed E-state index contributed by atoms with van der Waals surface area (Å²) in [6.07, 6.45) is 1.45. The molecule has 0 unspecified atom stereocenters. The number of benzene rings is 1.